The number of aryl methyl sites for hydroxylation is 1. The van der Waals surface area contributed by atoms with Crippen molar-refractivity contribution in [3.05, 3.63) is 169 Å². The number of rotatable bonds is 6. The van der Waals surface area contributed by atoms with Gasteiger partial charge in [0.15, 0.2) is 0 Å². The van der Waals surface area contributed by atoms with Crippen LogP contribution in [0.3, 0.4) is 0 Å². The van der Waals surface area contributed by atoms with Gasteiger partial charge in [0.2, 0.25) is 0 Å². The SMILES string of the molecule is CCCCc1c2ccccc2c(-c2cccc3oc4ccc(-c5c6ccccc6c(-c6ccccc6)c6ccccc56)cc4c23)c2ccccc12. The summed E-state index contributed by atoms with van der Waals surface area (Å²) in [5, 5.41) is 12.6. The van der Waals surface area contributed by atoms with E-state index in [2.05, 4.69) is 171 Å². The number of hydrogen-bond donors (Lipinski definition) is 0. The average Bonchev–Trinajstić information content (AvgIpc) is 3.57. The second-order valence-corrected chi connectivity index (χ2v) is 13.7. The molecule has 0 bridgehead atoms. The molecule has 0 amide bonds. The third kappa shape index (κ3) is 4.62. The minimum absolute atomic E-state index is 0.906. The molecule has 0 fully saturated rings. The molecule has 51 heavy (non-hydrogen) atoms. The maximum absolute atomic E-state index is 6.66. The molecule has 9 aromatic carbocycles. The van der Waals surface area contributed by atoms with Crippen LogP contribution in [0.4, 0.5) is 0 Å². The van der Waals surface area contributed by atoms with E-state index in [1.165, 1.54) is 100 Å². The van der Waals surface area contributed by atoms with Gasteiger partial charge in [-0.05, 0) is 113 Å². The Morgan fingerprint density at radius 2 is 0.902 bits per heavy atom. The van der Waals surface area contributed by atoms with Crippen LogP contribution in [-0.4, -0.2) is 0 Å². The van der Waals surface area contributed by atoms with E-state index in [-0.39, 0.29) is 0 Å². The molecule has 0 aliphatic heterocycles. The van der Waals surface area contributed by atoms with Crippen LogP contribution >= 0.6 is 0 Å². The Bertz CT molecular complexity index is 2830. The molecule has 0 aliphatic rings. The molecule has 10 aromatic rings. The maximum atomic E-state index is 6.66. The highest BCUT2D eigenvalue weighted by molar-refractivity contribution is 6.24. The molecule has 242 valence electrons. The third-order valence-electron chi connectivity index (χ3n) is 10.9. The number of benzene rings is 9. The molecule has 0 N–H and O–H groups in total. The number of unbranched alkanes of at least 4 members (excludes halogenated alkanes) is 1. The lowest BCUT2D eigenvalue weighted by atomic mass is 9.84. The van der Waals surface area contributed by atoms with Gasteiger partial charge in [-0.3, -0.25) is 0 Å². The Morgan fingerprint density at radius 1 is 0.392 bits per heavy atom. The number of hydrogen-bond acceptors (Lipinski definition) is 1. The molecule has 0 atom stereocenters. The zero-order valence-electron chi connectivity index (χ0n) is 28.6. The lowest BCUT2D eigenvalue weighted by molar-refractivity contribution is 0.669. The summed E-state index contributed by atoms with van der Waals surface area (Å²) in [6.45, 7) is 2.28. The van der Waals surface area contributed by atoms with Crippen LogP contribution in [0.25, 0.3) is 98.4 Å². The van der Waals surface area contributed by atoms with E-state index in [4.69, 9.17) is 4.42 Å². The average molecular weight is 653 g/mol. The van der Waals surface area contributed by atoms with Gasteiger partial charge in [-0.25, -0.2) is 0 Å². The Labute approximate surface area is 297 Å². The monoisotopic (exact) mass is 652 g/mol. The first-order valence-corrected chi connectivity index (χ1v) is 18.2. The van der Waals surface area contributed by atoms with Gasteiger partial charge in [0.25, 0.3) is 0 Å². The fourth-order valence-electron chi connectivity index (χ4n) is 8.68. The fourth-order valence-corrected chi connectivity index (χ4v) is 8.68. The Kier molecular flexibility index (Phi) is 6.99. The summed E-state index contributed by atoms with van der Waals surface area (Å²) in [5.41, 5.74) is 10.7. The zero-order valence-corrected chi connectivity index (χ0v) is 28.6. The second-order valence-electron chi connectivity index (χ2n) is 13.7. The molecule has 0 saturated carbocycles. The van der Waals surface area contributed by atoms with E-state index in [0.717, 1.165) is 23.0 Å². The predicted octanol–water partition coefficient (Wildman–Crippen LogP) is 14.5. The Balaban J connectivity index is 1.29. The molecule has 0 aliphatic carbocycles. The summed E-state index contributed by atoms with van der Waals surface area (Å²) >= 11 is 0. The van der Waals surface area contributed by atoms with Crippen LogP contribution in [0.5, 0.6) is 0 Å². The third-order valence-corrected chi connectivity index (χ3v) is 10.9. The summed E-state index contributed by atoms with van der Waals surface area (Å²) in [5.74, 6) is 0. The van der Waals surface area contributed by atoms with Crippen molar-refractivity contribution in [3.8, 4) is 33.4 Å². The number of fused-ring (bicyclic) bond motifs is 7. The van der Waals surface area contributed by atoms with Crippen molar-refractivity contribution >= 4 is 65.0 Å². The first-order chi connectivity index (χ1) is 25.3. The smallest absolute Gasteiger partial charge is 0.136 e. The van der Waals surface area contributed by atoms with Crippen molar-refractivity contribution < 1.29 is 4.42 Å². The van der Waals surface area contributed by atoms with Crippen molar-refractivity contribution in [1.82, 2.24) is 0 Å². The van der Waals surface area contributed by atoms with Crippen LogP contribution in [0.15, 0.2) is 168 Å². The first kappa shape index (κ1) is 29.7. The normalized spacial score (nSPS) is 11.9. The first-order valence-electron chi connectivity index (χ1n) is 18.2. The summed E-state index contributed by atoms with van der Waals surface area (Å²) in [6, 6.07) is 59.9. The Morgan fingerprint density at radius 3 is 1.47 bits per heavy atom. The van der Waals surface area contributed by atoms with Crippen LogP contribution in [0.1, 0.15) is 25.3 Å². The van der Waals surface area contributed by atoms with Crippen LogP contribution < -0.4 is 0 Å². The van der Waals surface area contributed by atoms with E-state index >= 15 is 0 Å². The molecule has 0 spiro atoms. The summed E-state index contributed by atoms with van der Waals surface area (Å²) in [4.78, 5) is 0. The molecular formula is C50H36O. The van der Waals surface area contributed by atoms with Crippen LogP contribution in [-0.2, 0) is 6.42 Å². The van der Waals surface area contributed by atoms with E-state index in [0.29, 0.717) is 0 Å². The second kappa shape index (κ2) is 12.0. The molecule has 1 heterocycles. The molecule has 1 nitrogen and oxygen atoms in total. The van der Waals surface area contributed by atoms with Gasteiger partial charge < -0.3 is 4.42 Å². The van der Waals surface area contributed by atoms with Gasteiger partial charge in [0, 0.05) is 10.8 Å². The molecule has 10 rings (SSSR count). The minimum Gasteiger partial charge on any atom is -0.456 e. The quantitative estimate of drug-likeness (QED) is 0.163. The molecular weight excluding hydrogens is 617 g/mol. The van der Waals surface area contributed by atoms with Gasteiger partial charge >= 0.3 is 0 Å². The van der Waals surface area contributed by atoms with Gasteiger partial charge in [-0.15, -0.1) is 0 Å². The van der Waals surface area contributed by atoms with Crippen LogP contribution in [0, 0.1) is 0 Å². The lowest BCUT2D eigenvalue weighted by Crippen LogP contribution is -1.94. The van der Waals surface area contributed by atoms with E-state index in [1.54, 1.807) is 0 Å². The summed E-state index contributed by atoms with van der Waals surface area (Å²) < 4.78 is 6.66. The standard InChI is InChI=1S/C50H36O/c1-2-3-18-34-35-19-7-9-21-37(35)49(38-22-10-8-20-36(34)38)43-27-15-28-46-50(43)44-31-33(29-30-45(44)51-46)48-41-25-13-11-23-39(41)47(32-16-5-4-6-17-32)40-24-12-14-26-42(40)48/h4-17,19-31H,2-3,18H2,1H3. The predicted molar refractivity (Wildman–Crippen MR) is 219 cm³/mol. The van der Waals surface area contributed by atoms with Crippen molar-refractivity contribution in [2.45, 2.75) is 26.2 Å². The highest BCUT2D eigenvalue weighted by Gasteiger charge is 2.21. The molecule has 0 saturated heterocycles. The van der Waals surface area contributed by atoms with E-state index in [9.17, 15) is 0 Å². The van der Waals surface area contributed by atoms with Crippen molar-refractivity contribution in [2.24, 2.45) is 0 Å². The minimum atomic E-state index is 0.906. The van der Waals surface area contributed by atoms with Gasteiger partial charge in [-0.2, -0.15) is 0 Å². The molecule has 0 radical (unpaired) electrons. The largest absolute Gasteiger partial charge is 0.456 e. The maximum Gasteiger partial charge on any atom is 0.136 e. The lowest BCUT2D eigenvalue weighted by Gasteiger charge is -2.18. The van der Waals surface area contributed by atoms with E-state index in [1.807, 2.05) is 0 Å². The number of furan rings is 1. The van der Waals surface area contributed by atoms with Crippen molar-refractivity contribution in [3.63, 3.8) is 0 Å². The van der Waals surface area contributed by atoms with Gasteiger partial charge in [0.1, 0.15) is 11.2 Å². The van der Waals surface area contributed by atoms with Crippen molar-refractivity contribution in [1.29, 1.82) is 0 Å². The van der Waals surface area contributed by atoms with Crippen LogP contribution in [0.2, 0.25) is 0 Å². The molecule has 0 unspecified atom stereocenters. The topological polar surface area (TPSA) is 13.1 Å². The summed E-state index contributed by atoms with van der Waals surface area (Å²) in [7, 11) is 0. The zero-order chi connectivity index (χ0) is 33.9. The molecule has 1 aromatic heterocycles. The van der Waals surface area contributed by atoms with Gasteiger partial charge in [-0.1, -0.05) is 159 Å². The van der Waals surface area contributed by atoms with Crippen molar-refractivity contribution in [2.75, 3.05) is 0 Å². The highest BCUT2D eigenvalue weighted by Crippen LogP contribution is 2.47. The fraction of sp³-hybridized carbons (Fsp3) is 0.0800. The molecule has 1 heteroatoms. The van der Waals surface area contributed by atoms with E-state index < -0.39 is 0 Å². The Hall–Kier alpha value is -6.18. The highest BCUT2D eigenvalue weighted by atomic mass is 16.3. The van der Waals surface area contributed by atoms with Gasteiger partial charge in [0.05, 0.1) is 0 Å². The summed E-state index contributed by atoms with van der Waals surface area (Å²) in [6.07, 6.45) is 3.42.